The molecule has 32 heavy (non-hydrogen) atoms. The number of hydrogen-bond donors (Lipinski definition) is 2. The summed E-state index contributed by atoms with van der Waals surface area (Å²) in [7, 11) is 1.64. The van der Waals surface area contributed by atoms with Crippen LogP contribution in [0.3, 0.4) is 0 Å². The average Bonchev–Trinajstić information content (AvgIpc) is 3.22. The number of amides is 1. The lowest BCUT2D eigenvalue weighted by Crippen LogP contribution is -2.31. The number of nitrogens with zero attached hydrogens (tertiary/aromatic N) is 1. The monoisotopic (exact) mass is 467 g/mol. The second-order valence-electron chi connectivity index (χ2n) is 7.92. The van der Waals surface area contributed by atoms with Crippen LogP contribution in [0.4, 0.5) is 5.69 Å². The van der Waals surface area contributed by atoms with Gasteiger partial charge < -0.3 is 19.9 Å². The van der Waals surface area contributed by atoms with Crippen molar-refractivity contribution in [1.82, 2.24) is 9.88 Å². The van der Waals surface area contributed by atoms with Gasteiger partial charge in [0.15, 0.2) is 5.50 Å². The van der Waals surface area contributed by atoms with E-state index in [1.807, 2.05) is 50.3 Å². The van der Waals surface area contributed by atoms with Crippen molar-refractivity contribution in [3.63, 3.8) is 0 Å². The second-order valence-corrected chi connectivity index (χ2v) is 9.48. The van der Waals surface area contributed by atoms with Gasteiger partial charge in [-0.15, -0.1) is 0 Å². The van der Waals surface area contributed by atoms with Gasteiger partial charge in [-0.05, 0) is 80.8 Å². The summed E-state index contributed by atoms with van der Waals surface area (Å²) in [5.41, 5.74) is 6.88. The third-order valence-electron chi connectivity index (χ3n) is 5.54. The second kappa shape index (κ2) is 8.96. The van der Waals surface area contributed by atoms with Crippen LogP contribution >= 0.6 is 23.4 Å². The highest BCUT2D eigenvalue weighted by molar-refractivity contribution is 8.05. The van der Waals surface area contributed by atoms with Crippen molar-refractivity contribution in [1.29, 1.82) is 0 Å². The molecule has 0 spiro atoms. The number of halogens is 1. The maximum atomic E-state index is 12.7. The van der Waals surface area contributed by atoms with Gasteiger partial charge in [-0.1, -0.05) is 35.5 Å². The summed E-state index contributed by atoms with van der Waals surface area (Å²) < 4.78 is 7.59. The molecule has 1 aromatic heterocycles. The Morgan fingerprint density at radius 3 is 2.62 bits per heavy atom. The van der Waals surface area contributed by atoms with E-state index >= 15 is 0 Å². The maximum absolute atomic E-state index is 12.7. The van der Waals surface area contributed by atoms with Crippen LogP contribution in [0.1, 0.15) is 28.1 Å². The molecule has 0 bridgehead atoms. The molecule has 1 saturated heterocycles. The van der Waals surface area contributed by atoms with Crippen molar-refractivity contribution in [2.75, 3.05) is 12.4 Å². The van der Waals surface area contributed by atoms with Crippen molar-refractivity contribution in [2.45, 2.75) is 33.2 Å². The first-order valence-electron chi connectivity index (χ1n) is 10.3. The number of benzene rings is 2. The molecular weight excluding hydrogens is 442 g/mol. The van der Waals surface area contributed by atoms with Crippen molar-refractivity contribution >= 4 is 41.0 Å². The van der Waals surface area contributed by atoms with E-state index < -0.39 is 0 Å². The minimum atomic E-state index is -0.274. The maximum Gasteiger partial charge on any atom is 0.260 e. The molecule has 1 unspecified atom stereocenters. The first-order valence-corrected chi connectivity index (χ1v) is 11.6. The molecule has 0 saturated carbocycles. The van der Waals surface area contributed by atoms with Crippen molar-refractivity contribution in [2.24, 2.45) is 0 Å². The molecule has 1 amide bonds. The molecule has 1 atom stereocenters. The molecule has 3 aromatic rings. The fourth-order valence-corrected chi connectivity index (χ4v) is 4.98. The molecule has 166 valence electrons. The largest absolute Gasteiger partial charge is 0.495 e. The van der Waals surface area contributed by atoms with E-state index in [1.54, 1.807) is 7.11 Å². The number of aryl methyl sites for hydroxylation is 3. The minimum absolute atomic E-state index is 0.0951. The zero-order chi connectivity index (χ0) is 23.0. The number of carbonyl (C=O) groups is 1. The van der Waals surface area contributed by atoms with Crippen molar-refractivity contribution in [3.8, 4) is 11.4 Å². The summed E-state index contributed by atoms with van der Waals surface area (Å²) in [4.78, 5) is 13.3. The van der Waals surface area contributed by atoms with Crippen LogP contribution in [0.15, 0.2) is 47.4 Å². The third-order valence-corrected chi connectivity index (χ3v) is 6.98. The van der Waals surface area contributed by atoms with Crippen LogP contribution < -0.4 is 15.4 Å². The van der Waals surface area contributed by atoms with Gasteiger partial charge in [0.05, 0.1) is 17.7 Å². The van der Waals surface area contributed by atoms with Crippen LogP contribution in [0.2, 0.25) is 5.02 Å². The molecule has 1 aliphatic heterocycles. The average molecular weight is 468 g/mol. The normalized spacial score (nSPS) is 17.0. The third kappa shape index (κ3) is 4.38. The number of nitrogens with one attached hydrogen (secondary N) is 2. The molecule has 4 rings (SSSR count). The Balaban J connectivity index is 1.59. The van der Waals surface area contributed by atoms with Crippen LogP contribution in [-0.2, 0) is 4.79 Å². The molecule has 5 nitrogen and oxygen atoms in total. The van der Waals surface area contributed by atoms with Crippen LogP contribution in [0, 0.1) is 27.7 Å². The lowest BCUT2D eigenvalue weighted by atomic mass is 10.2. The predicted octanol–water partition coefficient (Wildman–Crippen LogP) is 5.97. The fourth-order valence-electron chi connectivity index (χ4n) is 3.83. The molecule has 0 aliphatic carbocycles. The molecule has 7 heteroatoms. The number of thioether (sulfide) groups is 1. The summed E-state index contributed by atoms with van der Waals surface area (Å²) in [5, 5.41) is 7.09. The van der Waals surface area contributed by atoms with Gasteiger partial charge in [-0.3, -0.25) is 4.79 Å². The molecule has 2 heterocycles. The molecule has 2 aromatic carbocycles. The minimum Gasteiger partial charge on any atom is -0.495 e. The van der Waals surface area contributed by atoms with Crippen LogP contribution in [0.5, 0.6) is 5.75 Å². The number of ether oxygens (including phenoxy) is 1. The highest BCUT2D eigenvalue weighted by Gasteiger charge is 2.28. The zero-order valence-electron chi connectivity index (χ0n) is 18.7. The topological polar surface area (TPSA) is 55.3 Å². The van der Waals surface area contributed by atoms with E-state index in [9.17, 15) is 4.79 Å². The first-order chi connectivity index (χ1) is 15.3. The van der Waals surface area contributed by atoms with Gasteiger partial charge >= 0.3 is 0 Å². The summed E-state index contributed by atoms with van der Waals surface area (Å²) in [6.45, 7) is 8.12. The Bertz CT molecular complexity index is 1230. The Morgan fingerprint density at radius 1 is 1.12 bits per heavy atom. The van der Waals surface area contributed by atoms with Gasteiger partial charge in [0.1, 0.15) is 5.75 Å². The van der Waals surface area contributed by atoms with Gasteiger partial charge in [-0.2, -0.15) is 0 Å². The van der Waals surface area contributed by atoms with E-state index in [0.29, 0.717) is 4.91 Å². The highest BCUT2D eigenvalue weighted by Crippen LogP contribution is 2.34. The Labute approximate surface area is 197 Å². The van der Waals surface area contributed by atoms with Crippen LogP contribution in [-0.4, -0.2) is 23.1 Å². The SMILES string of the molecule is COc1ccc(C)cc1NC1NC(=O)/C(=C/c2cc(C)n(-c3ccc(C)c(Cl)c3)c2C)S1. The van der Waals surface area contributed by atoms with Crippen LogP contribution in [0.25, 0.3) is 11.8 Å². The number of rotatable bonds is 5. The van der Waals surface area contributed by atoms with E-state index in [2.05, 4.69) is 41.2 Å². The molecular formula is C25H26ClN3O2S. The van der Waals surface area contributed by atoms with E-state index in [1.165, 1.54) is 11.8 Å². The smallest absolute Gasteiger partial charge is 0.260 e. The van der Waals surface area contributed by atoms with Gasteiger partial charge in [0, 0.05) is 22.1 Å². The number of anilines is 1. The quantitative estimate of drug-likeness (QED) is 0.454. The number of methoxy groups -OCH3 is 1. The fraction of sp³-hybridized carbons (Fsp3) is 0.240. The number of carbonyl (C=O) groups excluding carboxylic acids is 1. The number of aromatic nitrogens is 1. The summed E-state index contributed by atoms with van der Waals surface area (Å²) in [6, 6.07) is 14.1. The van der Waals surface area contributed by atoms with E-state index in [-0.39, 0.29) is 11.4 Å². The first kappa shape index (κ1) is 22.4. The molecule has 1 aliphatic rings. The summed E-state index contributed by atoms with van der Waals surface area (Å²) in [5.74, 6) is 0.644. The Morgan fingerprint density at radius 2 is 1.91 bits per heavy atom. The van der Waals surface area contributed by atoms with Crippen molar-refractivity contribution < 1.29 is 9.53 Å². The van der Waals surface area contributed by atoms with Gasteiger partial charge in [0.25, 0.3) is 5.91 Å². The van der Waals surface area contributed by atoms with Gasteiger partial charge in [-0.25, -0.2) is 0 Å². The molecule has 2 N–H and O–H groups in total. The standard InChI is InChI=1S/C25H26ClN3O2S/c1-14-6-9-22(31-5)21(10-14)27-25-28-24(30)23(32-25)12-18-11-16(3)29(17(18)4)19-8-7-15(2)20(26)13-19/h6-13,25,27H,1-5H3,(H,28,30)/b23-12-. The Kier molecular flexibility index (Phi) is 6.26. The summed E-state index contributed by atoms with van der Waals surface area (Å²) >= 11 is 7.81. The van der Waals surface area contributed by atoms with E-state index in [0.717, 1.165) is 50.2 Å². The predicted molar refractivity (Wildman–Crippen MR) is 134 cm³/mol. The Hall–Kier alpha value is -2.83. The van der Waals surface area contributed by atoms with Crippen molar-refractivity contribution in [3.05, 3.63) is 80.5 Å². The molecule has 1 fully saturated rings. The van der Waals surface area contributed by atoms with E-state index in [4.69, 9.17) is 16.3 Å². The zero-order valence-corrected chi connectivity index (χ0v) is 20.3. The number of hydrogen-bond acceptors (Lipinski definition) is 4. The summed E-state index contributed by atoms with van der Waals surface area (Å²) in [6.07, 6.45) is 1.95. The lowest BCUT2D eigenvalue weighted by molar-refractivity contribution is -0.116. The highest BCUT2D eigenvalue weighted by atomic mass is 35.5. The molecule has 0 radical (unpaired) electrons. The lowest BCUT2D eigenvalue weighted by Gasteiger charge is -2.16. The van der Waals surface area contributed by atoms with Gasteiger partial charge in [0.2, 0.25) is 0 Å².